The van der Waals surface area contributed by atoms with Crippen LogP contribution in [0.4, 0.5) is 0 Å². The third kappa shape index (κ3) is 4.72. The van der Waals surface area contributed by atoms with E-state index >= 15 is 0 Å². The van der Waals surface area contributed by atoms with Crippen LogP contribution in [0.2, 0.25) is 0 Å². The van der Waals surface area contributed by atoms with Crippen molar-refractivity contribution in [2.24, 2.45) is 5.92 Å². The standard InChI is InChI=1S/C18H22N2O.ClH/c21-18(13-19-12-14-8-9-14)20-11-10-16-6-3-5-15-4-1-2-7-17(15)16;/h1-7,14,19H,8-13H2,(H,20,21);1H. The number of amides is 1. The van der Waals surface area contributed by atoms with Gasteiger partial charge < -0.3 is 10.6 Å². The summed E-state index contributed by atoms with van der Waals surface area (Å²) in [7, 11) is 0. The number of benzene rings is 2. The molecule has 1 aliphatic rings. The fraction of sp³-hybridized carbons (Fsp3) is 0.389. The van der Waals surface area contributed by atoms with Gasteiger partial charge in [-0.1, -0.05) is 42.5 Å². The average molecular weight is 319 g/mol. The molecule has 0 spiro atoms. The van der Waals surface area contributed by atoms with Crippen molar-refractivity contribution in [1.82, 2.24) is 10.6 Å². The van der Waals surface area contributed by atoms with Crippen LogP contribution in [0, 0.1) is 5.92 Å². The lowest BCUT2D eigenvalue weighted by Crippen LogP contribution is -2.35. The SMILES string of the molecule is Cl.O=C(CNCC1CC1)NCCc1cccc2ccccc12. The Hall–Kier alpha value is -1.58. The zero-order valence-electron chi connectivity index (χ0n) is 12.7. The number of carbonyl (C=O) groups is 1. The van der Waals surface area contributed by atoms with Gasteiger partial charge in [0.05, 0.1) is 6.54 Å². The summed E-state index contributed by atoms with van der Waals surface area (Å²) in [5.74, 6) is 0.907. The predicted molar refractivity (Wildman–Crippen MR) is 93.5 cm³/mol. The van der Waals surface area contributed by atoms with Gasteiger partial charge in [-0.3, -0.25) is 4.79 Å². The first-order valence-electron chi connectivity index (χ1n) is 7.77. The first-order valence-corrected chi connectivity index (χ1v) is 7.77. The van der Waals surface area contributed by atoms with Crippen LogP contribution in [0.15, 0.2) is 42.5 Å². The van der Waals surface area contributed by atoms with Crippen molar-refractivity contribution in [3.8, 4) is 0 Å². The molecule has 0 saturated heterocycles. The Morgan fingerprint density at radius 3 is 2.68 bits per heavy atom. The minimum absolute atomic E-state index is 0. The summed E-state index contributed by atoms with van der Waals surface area (Å²) in [6.07, 6.45) is 3.50. The average Bonchev–Trinajstić information content (AvgIpc) is 3.32. The van der Waals surface area contributed by atoms with E-state index in [4.69, 9.17) is 0 Å². The fourth-order valence-corrected chi connectivity index (χ4v) is 2.62. The molecule has 3 rings (SSSR count). The third-order valence-corrected chi connectivity index (χ3v) is 4.01. The van der Waals surface area contributed by atoms with E-state index in [1.54, 1.807) is 0 Å². The Balaban J connectivity index is 0.00000176. The molecule has 3 nitrogen and oxygen atoms in total. The largest absolute Gasteiger partial charge is 0.355 e. The Labute approximate surface area is 137 Å². The van der Waals surface area contributed by atoms with Gasteiger partial charge in [0, 0.05) is 6.54 Å². The second-order valence-electron chi connectivity index (χ2n) is 5.81. The van der Waals surface area contributed by atoms with Crippen molar-refractivity contribution in [3.05, 3.63) is 48.0 Å². The summed E-state index contributed by atoms with van der Waals surface area (Å²) in [5.41, 5.74) is 1.29. The smallest absolute Gasteiger partial charge is 0.233 e. The molecule has 0 aliphatic heterocycles. The molecule has 0 bridgehead atoms. The van der Waals surface area contributed by atoms with Crippen LogP contribution in [0.1, 0.15) is 18.4 Å². The quantitative estimate of drug-likeness (QED) is 0.824. The van der Waals surface area contributed by atoms with Crippen molar-refractivity contribution < 1.29 is 4.79 Å². The van der Waals surface area contributed by atoms with E-state index in [9.17, 15) is 4.79 Å². The molecule has 1 aliphatic carbocycles. The van der Waals surface area contributed by atoms with Crippen molar-refractivity contribution in [2.75, 3.05) is 19.6 Å². The van der Waals surface area contributed by atoms with Gasteiger partial charge in [-0.25, -0.2) is 0 Å². The molecule has 1 saturated carbocycles. The molecule has 4 heteroatoms. The normalized spacial score (nSPS) is 13.6. The molecule has 0 aromatic heterocycles. The highest BCUT2D eigenvalue weighted by Crippen LogP contribution is 2.27. The number of halogens is 1. The minimum atomic E-state index is 0. The number of hydrogen-bond donors (Lipinski definition) is 2. The summed E-state index contributed by atoms with van der Waals surface area (Å²) in [5, 5.41) is 8.74. The number of hydrogen-bond acceptors (Lipinski definition) is 2. The summed E-state index contributed by atoms with van der Waals surface area (Å²) in [4.78, 5) is 11.7. The van der Waals surface area contributed by atoms with Gasteiger partial charge in [-0.15, -0.1) is 12.4 Å². The number of nitrogens with one attached hydrogen (secondary N) is 2. The van der Waals surface area contributed by atoms with Crippen LogP contribution in [0.5, 0.6) is 0 Å². The van der Waals surface area contributed by atoms with Gasteiger partial charge in [0.25, 0.3) is 0 Å². The van der Waals surface area contributed by atoms with Crippen molar-refractivity contribution in [1.29, 1.82) is 0 Å². The highest BCUT2D eigenvalue weighted by atomic mass is 35.5. The molecule has 2 aromatic carbocycles. The van der Waals surface area contributed by atoms with E-state index in [0.717, 1.165) is 18.9 Å². The van der Waals surface area contributed by atoms with Crippen molar-refractivity contribution >= 4 is 29.1 Å². The molecule has 2 aromatic rings. The molecule has 22 heavy (non-hydrogen) atoms. The molecule has 0 atom stereocenters. The van der Waals surface area contributed by atoms with Gasteiger partial charge in [-0.05, 0) is 48.1 Å². The molecule has 0 heterocycles. The molecule has 0 radical (unpaired) electrons. The molecular formula is C18H23ClN2O. The number of fused-ring (bicyclic) bond motifs is 1. The molecule has 1 fully saturated rings. The van der Waals surface area contributed by atoms with Crippen LogP contribution in [0.25, 0.3) is 10.8 Å². The van der Waals surface area contributed by atoms with Crippen molar-refractivity contribution in [2.45, 2.75) is 19.3 Å². The predicted octanol–water partition coefficient (Wildman–Crippen LogP) is 2.92. The summed E-state index contributed by atoms with van der Waals surface area (Å²) in [6.45, 7) is 2.11. The van der Waals surface area contributed by atoms with Gasteiger partial charge in [0.1, 0.15) is 0 Å². The monoisotopic (exact) mass is 318 g/mol. The highest BCUT2D eigenvalue weighted by molar-refractivity contribution is 5.86. The van der Waals surface area contributed by atoms with E-state index in [1.807, 2.05) is 0 Å². The Kier molecular flexibility index (Phi) is 6.22. The zero-order valence-corrected chi connectivity index (χ0v) is 13.5. The fourth-order valence-electron chi connectivity index (χ4n) is 2.62. The van der Waals surface area contributed by atoms with E-state index in [1.165, 1.54) is 29.2 Å². The molecule has 118 valence electrons. The van der Waals surface area contributed by atoms with Crippen LogP contribution in [-0.4, -0.2) is 25.5 Å². The summed E-state index contributed by atoms with van der Waals surface area (Å²) >= 11 is 0. The lowest BCUT2D eigenvalue weighted by Gasteiger charge is -2.08. The maximum Gasteiger partial charge on any atom is 0.233 e. The Bertz CT molecular complexity index is 620. The molecule has 1 amide bonds. The number of carbonyl (C=O) groups excluding carboxylic acids is 1. The topological polar surface area (TPSA) is 41.1 Å². The van der Waals surface area contributed by atoms with E-state index in [0.29, 0.717) is 13.1 Å². The maximum atomic E-state index is 11.7. The Morgan fingerprint density at radius 2 is 1.86 bits per heavy atom. The second-order valence-corrected chi connectivity index (χ2v) is 5.81. The van der Waals surface area contributed by atoms with E-state index in [-0.39, 0.29) is 18.3 Å². The van der Waals surface area contributed by atoms with Crippen molar-refractivity contribution in [3.63, 3.8) is 0 Å². The summed E-state index contributed by atoms with van der Waals surface area (Å²) < 4.78 is 0. The second kappa shape index (κ2) is 8.16. The van der Waals surface area contributed by atoms with Crippen LogP contribution < -0.4 is 10.6 Å². The minimum Gasteiger partial charge on any atom is -0.355 e. The lowest BCUT2D eigenvalue weighted by atomic mass is 10.0. The third-order valence-electron chi connectivity index (χ3n) is 4.01. The Morgan fingerprint density at radius 1 is 1.09 bits per heavy atom. The first-order chi connectivity index (χ1) is 10.3. The van der Waals surface area contributed by atoms with Crippen LogP contribution in [-0.2, 0) is 11.2 Å². The molecular weight excluding hydrogens is 296 g/mol. The molecule has 2 N–H and O–H groups in total. The van der Waals surface area contributed by atoms with Gasteiger partial charge >= 0.3 is 0 Å². The van der Waals surface area contributed by atoms with E-state index in [2.05, 4.69) is 53.1 Å². The van der Waals surface area contributed by atoms with Gasteiger partial charge in [0.2, 0.25) is 5.91 Å². The maximum absolute atomic E-state index is 11.7. The lowest BCUT2D eigenvalue weighted by molar-refractivity contribution is -0.120. The van der Waals surface area contributed by atoms with Crippen LogP contribution in [0.3, 0.4) is 0 Å². The van der Waals surface area contributed by atoms with Gasteiger partial charge in [-0.2, -0.15) is 0 Å². The molecule has 0 unspecified atom stereocenters. The highest BCUT2D eigenvalue weighted by Gasteiger charge is 2.20. The van der Waals surface area contributed by atoms with Crippen LogP contribution >= 0.6 is 12.4 Å². The van der Waals surface area contributed by atoms with E-state index < -0.39 is 0 Å². The van der Waals surface area contributed by atoms with Gasteiger partial charge in [0.15, 0.2) is 0 Å². The summed E-state index contributed by atoms with van der Waals surface area (Å²) in [6, 6.07) is 14.7. The zero-order chi connectivity index (χ0) is 14.5. The number of rotatable bonds is 7. The first kappa shape index (κ1) is 16.8.